The van der Waals surface area contributed by atoms with Crippen LogP contribution in [0, 0.1) is 0 Å². The smallest absolute Gasteiger partial charge is 0.216 e. The molecule has 0 radical (unpaired) electrons. The largest absolute Gasteiger partial charge is 0.493 e. The molecule has 4 aromatic rings. The normalized spacial score (nSPS) is 11.6. The van der Waals surface area contributed by atoms with E-state index in [0.717, 1.165) is 16.9 Å². The van der Waals surface area contributed by atoms with Gasteiger partial charge in [0.05, 0.1) is 36.9 Å². The van der Waals surface area contributed by atoms with Crippen molar-refractivity contribution in [1.82, 2.24) is 19.9 Å². The van der Waals surface area contributed by atoms with E-state index < -0.39 is 6.04 Å². The molecule has 4 aromatic heterocycles. The molecular formula is C22H19N5O2. The van der Waals surface area contributed by atoms with Gasteiger partial charge in [-0.3, -0.25) is 9.97 Å². The minimum absolute atomic E-state index is 0.0447. The second-order valence-corrected chi connectivity index (χ2v) is 6.25. The summed E-state index contributed by atoms with van der Waals surface area (Å²) in [5, 5.41) is 10.6. The molecule has 29 heavy (non-hydrogen) atoms. The van der Waals surface area contributed by atoms with Crippen LogP contribution >= 0.6 is 0 Å². The number of hydrogen-bond acceptors (Lipinski definition) is 7. The Kier molecular flexibility index (Phi) is 5.29. The molecule has 0 fully saturated rings. The molecule has 0 aliphatic rings. The maximum atomic E-state index is 10.6. The Morgan fingerprint density at radius 1 is 0.828 bits per heavy atom. The molecular weight excluding hydrogens is 366 g/mol. The van der Waals surface area contributed by atoms with Crippen LogP contribution in [-0.4, -0.2) is 32.2 Å². The van der Waals surface area contributed by atoms with Crippen molar-refractivity contribution in [2.24, 2.45) is 0 Å². The summed E-state index contributed by atoms with van der Waals surface area (Å²) in [6.07, 6.45) is 10.3. The van der Waals surface area contributed by atoms with Crippen LogP contribution in [0.1, 0.15) is 17.2 Å². The van der Waals surface area contributed by atoms with E-state index >= 15 is 0 Å². The summed E-state index contributed by atoms with van der Waals surface area (Å²) < 4.78 is 5.20. The second-order valence-electron chi connectivity index (χ2n) is 6.25. The third-order valence-corrected chi connectivity index (χ3v) is 4.50. The van der Waals surface area contributed by atoms with Crippen LogP contribution in [0.25, 0.3) is 0 Å². The van der Waals surface area contributed by atoms with Gasteiger partial charge in [0, 0.05) is 36.4 Å². The highest BCUT2D eigenvalue weighted by Gasteiger charge is 2.28. The molecule has 0 aliphatic carbocycles. The maximum Gasteiger partial charge on any atom is 0.216 e. The average molecular weight is 385 g/mol. The SMILES string of the molecule is COc1ccc(N(c2cccnc2)C(c2cccnc2)c2cccnc2O)cn1. The molecule has 0 saturated carbocycles. The van der Waals surface area contributed by atoms with Crippen LogP contribution in [0.4, 0.5) is 11.4 Å². The van der Waals surface area contributed by atoms with E-state index in [1.807, 2.05) is 41.3 Å². The number of pyridine rings is 4. The predicted molar refractivity (Wildman–Crippen MR) is 109 cm³/mol. The number of methoxy groups -OCH3 is 1. The molecule has 0 spiro atoms. The number of nitrogens with zero attached hydrogens (tertiary/aromatic N) is 5. The number of ether oxygens (including phenoxy) is 1. The van der Waals surface area contributed by atoms with Crippen molar-refractivity contribution in [2.75, 3.05) is 12.0 Å². The number of aromatic hydroxyl groups is 1. The van der Waals surface area contributed by atoms with Gasteiger partial charge in [0.15, 0.2) is 0 Å². The van der Waals surface area contributed by atoms with Crippen LogP contribution in [-0.2, 0) is 0 Å². The summed E-state index contributed by atoms with van der Waals surface area (Å²) in [5.41, 5.74) is 3.16. The highest BCUT2D eigenvalue weighted by Crippen LogP contribution is 2.40. The lowest BCUT2D eigenvalue weighted by Gasteiger charge is -2.34. The molecule has 1 N–H and O–H groups in total. The average Bonchev–Trinajstić information content (AvgIpc) is 2.79. The van der Waals surface area contributed by atoms with Gasteiger partial charge in [-0.15, -0.1) is 0 Å². The van der Waals surface area contributed by atoms with E-state index in [1.54, 1.807) is 56.4 Å². The molecule has 144 valence electrons. The Bertz CT molecular complexity index is 1060. The van der Waals surface area contributed by atoms with Gasteiger partial charge < -0.3 is 14.7 Å². The minimum atomic E-state index is -0.406. The molecule has 1 unspecified atom stereocenters. The third-order valence-electron chi connectivity index (χ3n) is 4.50. The van der Waals surface area contributed by atoms with Gasteiger partial charge in [-0.05, 0) is 42.0 Å². The van der Waals surface area contributed by atoms with Crippen LogP contribution in [0.5, 0.6) is 11.8 Å². The lowest BCUT2D eigenvalue weighted by molar-refractivity contribution is 0.398. The first kappa shape index (κ1) is 18.4. The van der Waals surface area contributed by atoms with Gasteiger partial charge >= 0.3 is 0 Å². The number of rotatable bonds is 6. The molecule has 1 atom stereocenters. The summed E-state index contributed by atoms with van der Waals surface area (Å²) in [5.74, 6) is 0.471. The number of aromatic nitrogens is 4. The van der Waals surface area contributed by atoms with Gasteiger partial charge in [-0.25, -0.2) is 9.97 Å². The fourth-order valence-corrected chi connectivity index (χ4v) is 3.21. The molecule has 0 aliphatic heterocycles. The molecule has 0 saturated heterocycles. The Morgan fingerprint density at radius 2 is 1.59 bits per heavy atom. The molecule has 0 aromatic carbocycles. The Hall–Kier alpha value is -4.00. The standard InChI is InChI=1S/C22H19N5O2/c1-29-20-9-8-18(15-26-20)27(17-6-3-11-24-14-17)21(16-5-2-10-23-13-16)19-7-4-12-25-22(19)28/h2-15,21H,1H3,(H,25,28). The van der Waals surface area contributed by atoms with E-state index in [-0.39, 0.29) is 5.88 Å². The lowest BCUT2D eigenvalue weighted by Crippen LogP contribution is -2.25. The summed E-state index contributed by atoms with van der Waals surface area (Å²) >= 11 is 0. The predicted octanol–water partition coefficient (Wildman–Crippen LogP) is 3.91. The van der Waals surface area contributed by atoms with Gasteiger partial charge in [-0.2, -0.15) is 0 Å². The molecule has 4 rings (SSSR count). The highest BCUT2D eigenvalue weighted by atomic mass is 16.5. The Morgan fingerprint density at radius 3 is 2.21 bits per heavy atom. The first-order chi connectivity index (χ1) is 14.3. The quantitative estimate of drug-likeness (QED) is 0.539. The molecule has 4 heterocycles. The maximum absolute atomic E-state index is 10.6. The molecule has 0 bridgehead atoms. The zero-order chi connectivity index (χ0) is 20.1. The number of hydrogen-bond donors (Lipinski definition) is 1. The van der Waals surface area contributed by atoms with Gasteiger partial charge in [0.2, 0.25) is 11.8 Å². The Balaban J connectivity index is 1.94. The van der Waals surface area contributed by atoms with Crippen molar-refractivity contribution in [3.63, 3.8) is 0 Å². The van der Waals surface area contributed by atoms with E-state index in [1.165, 1.54) is 0 Å². The van der Waals surface area contributed by atoms with Gasteiger partial charge in [-0.1, -0.05) is 6.07 Å². The first-order valence-corrected chi connectivity index (χ1v) is 9.01. The number of anilines is 2. The fraction of sp³-hybridized carbons (Fsp3) is 0.0909. The summed E-state index contributed by atoms with van der Waals surface area (Å²) in [4.78, 5) is 19.0. The van der Waals surface area contributed by atoms with Crippen molar-refractivity contribution >= 4 is 11.4 Å². The Labute approximate surface area is 168 Å². The van der Waals surface area contributed by atoms with E-state index in [0.29, 0.717) is 11.4 Å². The van der Waals surface area contributed by atoms with Gasteiger partial charge in [0.25, 0.3) is 0 Å². The summed E-state index contributed by atoms with van der Waals surface area (Å²) in [6, 6.07) is 14.6. The monoisotopic (exact) mass is 385 g/mol. The summed E-state index contributed by atoms with van der Waals surface area (Å²) in [7, 11) is 1.58. The summed E-state index contributed by atoms with van der Waals surface area (Å²) in [6.45, 7) is 0. The van der Waals surface area contributed by atoms with Crippen LogP contribution < -0.4 is 9.64 Å². The third kappa shape index (κ3) is 3.84. The minimum Gasteiger partial charge on any atom is -0.493 e. The lowest BCUT2D eigenvalue weighted by atomic mass is 9.98. The van der Waals surface area contributed by atoms with Gasteiger partial charge in [0.1, 0.15) is 0 Å². The zero-order valence-electron chi connectivity index (χ0n) is 15.8. The molecule has 0 amide bonds. The van der Waals surface area contributed by atoms with Crippen molar-refractivity contribution in [1.29, 1.82) is 0 Å². The van der Waals surface area contributed by atoms with Crippen molar-refractivity contribution < 1.29 is 9.84 Å². The topological polar surface area (TPSA) is 84.3 Å². The van der Waals surface area contributed by atoms with Crippen molar-refractivity contribution in [3.8, 4) is 11.8 Å². The van der Waals surface area contributed by atoms with E-state index in [4.69, 9.17) is 4.74 Å². The van der Waals surface area contributed by atoms with Crippen LogP contribution in [0.15, 0.2) is 85.7 Å². The molecule has 7 heteroatoms. The fourth-order valence-electron chi connectivity index (χ4n) is 3.21. The van der Waals surface area contributed by atoms with Crippen LogP contribution in [0.2, 0.25) is 0 Å². The first-order valence-electron chi connectivity index (χ1n) is 9.01. The molecule has 7 nitrogen and oxygen atoms in total. The van der Waals surface area contributed by atoms with Crippen LogP contribution in [0.3, 0.4) is 0 Å². The second kappa shape index (κ2) is 8.35. The van der Waals surface area contributed by atoms with Crippen molar-refractivity contribution in [3.05, 3.63) is 96.8 Å². The van der Waals surface area contributed by atoms with Crippen molar-refractivity contribution in [2.45, 2.75) is 6.04 Å². The van der Waals surface area contributed by atoms with E-state index in [9.17, 15) is 5.11 Å². The zero-order valence-corrected chi connectivity index (χ0v) is 15.8. The van der Waals surface area contributed by atoms with E-state index in [2.05, 4.69) is 19.9 Å². The highest BCUT2D eigenvalue weighted by molar-refractivity contribution is 5.66.